The molecule has 0 saturated carbocycles. The van der Waals surface area contributed by atoms with Crippen molar-refractivity contribution in [3.63, 3.8) is 0 Å². The molecule has 3 rings (SSSR count). The summed E-state index contributed by atoms with van der Waals surface area (Å²) in [7, 11) is 0. The minimum atomic E-state index is -0.713. The van der Waals surface area contributed by atoms with Crippen molar-refractivity contribution in [2.75, 3.05) is 30.0 Å². The molecule has 0 aliphatic heterocycles. The Kier molecular flexibility index (Phi) is 7.85. The molecule has 0 spiro atoms. The van der Waals surface area contributed by atoms with Crippen LogP contribution in [0.4, 0.5) is 11.6 Å². The van der Waals surface area contributed by atoms with Crippen LogP contribution < -0.4 is 16.0 Å². The predicted octanol–water partition coefficient (Wildman–Crippen LogP) is 2.94. The maximum absolute atomic E-state index is 12.4. The number of pyridine rings is 1. The number of anilines is 2. The van der Waals surface area contributed by atoms with Crippen molar-refractivity contribution >= 4 is 35.2 Å². The molecule has 0 unspecified atom stereocenters. The third kappa shape index (κ3) is 5.84. The summed E-state index contributed by atoms with van der Waals surface area (Å²) in [5.74, 6) is -0.0795. The van der Waals surface area contributed by atoms with Crippen molar-refractivity contribution in [2.45, 2.75) is 17.7 Å². The van der Waals surface area contributed by atoms with Crippen LogP contribution in [-0.4, -0.2) is 45.9 Å². The summed E-state index contributed by atoms with van der Waals surface area (Å²) < 4.78 is 1.61. The second kappa shape index (κ2) is 11.0. The Hall–Kier alpha value is -3.33. The van der Waals surface area contributed by atoms with Gasteiger partial charge < -0.3 is 16.0 Å². The first kappa shape index (κ1) is 21.4. The van der Waals surface area contributed by atoms with Gasteiger partial charge in [0, 0.05) is 19.3 Å². The molecule has 0 fully saturated rings. The van der Waals surface area contributed by atoms with Crippen molar-refractivity contribution in [1.29, 1.82) is 0 Å². The van der Waals surface area contributed by atoms with Crippen LogP contribution >= 0.6 is 11.8 Å². The van der Waals surface area contributed by atoms with E-state index in [1.165, 1.54) is 11.8 Å². The van der Waals surface area contributed by atoms with E-state index in [-0.39, 0.29) is 0 Å². The smallest absolute Gasteiger partial charge is 0.314 e. The first-order chi connectivity index (χ1) is 14.7. The Morgan fingerprint density at radius 3 is 2.50 bits per heavy atom. The molecule has 0 saturated heterocycles. The second-order valence-electron chi connectivity index (χ2n) is 6.37. The predicted molar refractivity (Wildman–Crippen MR) is 119 cm³/mol. The highest BCUT2D eigenvalue weighted by Gasteiger charge is 2.19. The number of carbonyl (C=O) groups excluding carboxylic acids is 2. The molecular weight excluding hydrogens is 400 g/mol. The van der Waals surface area contributed by atoms with Gasteiger partial charge in [-0.15, -0.1) is 11.8 Å². The average molecular weight is 425 g/mol. The summed E-state index contributed by atoms with van der Waals surface area (Å²) in [5, 5.41) is 12.9. The Morgan fingerprint density at radius 1 is 1.00 bits per heavy atom. The normalized spacial score (nSPS) is 10.4. The van der Waals surface area contributed by atoms with E-state index in [1.54, 1.807) is 17.1 Å². The van der Waals surface area contributed by atoms with Crippen LogP contribution in [0.1, 0.15) is 12.8 Å². The van der Waals surface area contributed by atoms with E-state index in [9.17, 15) is 9.59 Å². The minimum absolute atomic E-state index is 0.420. The number of amides is 2. The van der Waals surface area contributed by atoms with E-state index in [1.807, 2.05) is 54.8 Å². The molecule has 2 heterocycles. The largest absolute Gasteiger partial charge is 0.370 e. The van der Waals surface area contributed by atoms with E-state index >= 15 is 0 Å². The fourth-order valence-corrected chi connectivity index (χ4v) is 3.23. The number of nitrogens with one attached hydrogen (secondary N) is 3. The summed E-state index contributed by atoms with van der Waals surface area (Å²) in [4.78, 5) is 29.5. The maximum atomic E-state index is 12.4. The Balaban J connectivity index is 1.46. The van der Waals surface area contributed by atoms with E-state index < -0.39 is 11.8 Å². The number of thioether (sulfide) groups is 1. The number of unbranched alkanes of at least 4 members (excludes halogenated alkanes) is 1. The molecule has 0 atom stereocenters. The van der Waals surface area contributed by atoms with Crippen LogP contribution in [0.2, 0.25) is 0 Å². The van der Waals surface area contributed by atoms with Crippen LogP contribution in [0, 0.1) is 0 Å². The van der Waals surface area contributed by atoms with Crippen LogP contribution in [0.15, 0.2) is 65.8 Å². The number of nitrogens with zero attached hydrogens (tertiary/aromatic N) is 3. The van der Waals surface area contributed by atoms with Crippen LogP contribution in [0.3, 0.4) is 0 Å². The summed E-state index contributed by atoms with van der Waals surface area (Å²) >= 11 is 1.45. The SMILES string of the molecule is CSc1cnn(-c2ccccc2)c1NC(=O)C(=O)NCCCCNc1ccccn1. The van der Waals surface area contributed by atoms with Gasteiger partial charge in [-0.1, -0.05) is 24.3 Å². The van der Waals surface area contributed by atoms with Gasteiger partial charge in [0.25, 0.3) is 0 Å². The standard InChI is InChI=1S/C21H24N6O2S/c1-30-17-15-25-27(16-9-3-2-4-10-16)19(17)26-21(29)20(28)24-14-8-7-13-23-18-11-5-6-12-22-18/h2-6,9-12,15H,7-8,13-14H2,1H3,(H,22,23)(H,24,28)(H,26,29). The van der Waals surface area contributed by atoms with Gasteiger partial charge >= 0.3 is 11.8 Å². The lowest BCUT2D eigenvalue weighted by Gasteiger charge is -2.11. The van der Waals surface area contributed by atoms with Gasteiger partial charge in [0.2, 0.25) is 0 Å². The fraction of sp³-hybridized carbons (Fsp3) is 0.238. The van der Waals surface area contributed by atoms with Gasteiger partial charge in [-0.05, 0) is 43.4 Å². The topological polar surface area (TPSA) is 101 Å². The maximum Gasteiger partial charge on any atom is 0.314 e. The third-order valence-corrected chi connectivity index (χ3v) is 4.99. The lowest BCUT2D eigenvalue weighted by Crippen LogP contribution is -2.36. The summed E-state index contributed by atoms with van der Waals surface area (Å²) in [6.45, 7) is 1.16. The zero-order chi connectivity index (χ0) is 21.2. The average Bonchev–Trinajstić information content (AvgIpc) is 3.19. The van der Waals surface area contributed by atoms with Crippen molar-refractivity contribution < 1.29 is 9.59 Å². The molecule has 0 bridgehead atoms. The molecule has 0 radical (unpaired) electrons. The molecule has 2 aromatic heterocycles. The second-order valence-corrected chi connectivity index (χ2v) is 7.22. The minimum Gasteiger partial charge on any atom is -0.370 e. The highest BCUT2D eigenvalue weighted by Crippen LogP contribution is 2.27. The zero-order valence-electron chi connectivity index (χ0n) is 16.7. The van der Waals surface area contributed by atoms with Crippen LogP contribution in [-0.2, 0) is 9.59 Å². The fourth-order valence-electron chi connectivity index (χ4n) is 2.74. The summed E-state index contributed by atoms with van der Waals surface area (Å²) in [6, 6.07) is 15.1. The monoisotopic (exact) mass is 424 g/mol. The molecule has 0 aliphatic carbocycles. The van der Waals surface area contributed by atoms with Crippen molar-refractivity contribution in [1.82, 2.24) is 20.1 Å². The molecule has 9 heteroatoms. The molecule has 2 amide bonds. The van der Waals surface area contributed by atoms with Gasteiger partial charge in [-0.25, -0.2) is 9.67 Å². The quantitative estimate of drug-likeness (QED) is 0.277. The molecule has 1 aromatic carbocycles. The van der Waals surface area contributed by atoms with E-state index in [4.69, 9.17) is 0 Å². The molecule has 8 nitrogen and oxygen atoms in total. The number of carbonyl (C=O) groups is 2. The Morgan fingerprint density at radius 2 is 1.77 bits per heavy atom. The summed E-state index contributed by atoms with van der Waals surface area (Å²) in [5.41, 5.74) is 0.800. The number of aromatic nitrogens is 3. The molecule has 3 aromatic rings. The zero-order valence-corrected chi connectivity index (χ0v) is 17.5. The Bertz CT molecular complexity index is 962. The number of rotatable bonds is 9. The van der Waals surface area contributed by atoms with Crippen LogP contribution in [0.5, 0.6) is 0 Å². The first-order valence-electron chi connectivity index (χ1n) is 9.60. The molecule has 3 N–H and O–H groups in total. The van der Waals surface area contributed by atoms with Crippen molar-refractivity contribution in [3.8, 4) is 5.69 Å². The molecule has 156 valence electrons. The van der Waals surface area contributed by atoms with Crippen LogP contribution in [0.25, 0.3) is 5.69 Å². The highest BCUT2D eigenvalue weighted by atomic mass is 32.2. The number of hydrogen-bond donors (Lipinski definition) is 3. The van der Waals surface area contributed by atoms with Gasteiger partial charge in [0.1, 0.15) is 5.82 Å². The van der Waals surface area contributed by atoms with E-state index in [2.05, 4.69) is 26.0 Å². The van der Waals surface area contributed by atoms with Gasteiger partial charge in [-0.2, -0.15) is 5.10 Å². The number of hydrogen-bond acceptors (Lipinski definition) is 6. The third-order valence-electron chi connectivity index (χ3n) is 4.25. The first-order valence-corrected chi connectivity index (χ1v) is 10.8. The lowest BCUT2D eigenvalue weighted by molar-refractivity contribution is -0.136. The van der Waals surface area contributed by atoms with Gasteiger partial charge in [-0.3, -0.25) is 9.59 Å². The van der Waals surface area contributed by atoms with Gasteiger partial charge in [0.05, 0.1) is 16.8 Å². The summed E-state index contributed by atoms with van der Waals surface area (Å²) in [6.07, 6.45) is 6.88. The number of para-hydroxylation sites is 1. The Labute approximate surface area is 179 Å². The molecule has 30 heavy (non-hydrogen) atoms. The van der Waals surface area contributed by atoms with E-state index in [0.29, 0.717) is 12.4 Å². The molecule has 0 aliphatic rings. The van der Waals surface area contributed by atoms with Crippen molar-refractivity contribution in [2.24, 2.45) is 0 Å². The lowest BCUT2D eigenvalue weighted by atomic mass is 10.3. The van der Waals surface area contributed by atoms with E-state index in [0.717, 1.165) is 35.8 Å². The van der Waals surface area contributed by atoms with Crippen molar-refractivity contribution in [3.05, 3.63) is 60.9 Å². The number of benzene rings is 1. The van der Waals surface area contributed by atoms with Gasteiger partial charge in [0.15, 0.2) is 5.82 Å². The highest BCUT2D eigenvalue weighted by molar-refractivity contribution is 7.98. The molecular formula is C21H24N6O2S.